The van der Waals surface area contributed by atoms with Crippen molar-refractivity contribution < 1.29 is 29.6 Å². The topological polar surface area (TPSA) is 132 Å². The summed E-state index contributed by atoms with van der Waals surface area (Å²) in [6.07, 6.45) is 0. The number of benzene rings is 1. The summed E-state index contributed by atoms with van der Waals surface area (Å²) >= 11 is 0. The number of Topliss-reactive ketones (excluding diaryl/α,β-unsaturated/α-hetero) is 1. The van der Waals surface area contributed by atoms with Gasteiger partial charge in [-0.25, -0.2) is 4.79 Å². The Morgan fingerprint density at radius 1 is 1.10 bits per heavy atom. The highest BCUT2D eigenvalue weighted by Gasteiger charge is 2.28. The van der Waals surface area contributed by atoms with Gasteiger partial charge in [0.15, 0.2) is 5.78 Å². The lowest BCUT2D eigenvalue weighted by Gasteiger charge is -2.17. The zero-order valence-electron chi connectivity index (χ0n) is 17.7. The Hall–Kier alpha value is -2.78. The van der Waals surface area contributed by atoms with Crippen LogP contribution in [0.15, 0.2) is 25.3 Å². The van der Waals surface area contributed by atoms with E-state index >= 15 is 0 Å². The average Bonchev–Trinajstić information content (AvgIpc) is 3.13. The number of carbonyl (C=O) groups is 2. The maximum absolute atomic E-state index is 12.5. The Balaban J connectivity index is 0.00000218. The van der Waals surface area contributed by atoms with Crippen molar-refractivity contribution in [3.05, 3.63) is 58.9 Å². The SMILES string of the molecule is C=C.CCOC(=O)c1[nH]c(CNC)c(-c2ccc(CO)c(CO)c2CO)c1C(C)=O. The molecule has 0 fully saturated rings. The Morgan fingerprint density at radius 2 is 1.73 bits per heavy atom. The zero-order chi connectivity index (χ0) is 22.8. The van der Waals surface area contributed by atoms with E-state index in [0.717, 1.165) is 0 Å². The van der Waals surface area contributed by atoms with E-state index in [9.17, 15) is 24.9 Å². The highest BCUT2D eigenvalue weighted by atomic mass is 16.5. The number of aromatic amines is 1. The van der Waals surface area contributed by atoms with Crippen molar-refractivity contribution in [1.82, 2.24) is 10.3 Å². The Kier molecular flexibility index (Phi) is 10.1. The number of ether oxygens (including phenoxy) is 1. The number of aliphatic hydroxyl groups excluding tert-OH is 3. The molecule has 1 heterocycles. The second kappa shape index (κ2) is 12.0. The van der Waals surface area contributed by atoms with Crippen LogP contribution in [0, 0.1) is 0 Å². The monoisotopic (exact) mass is 418 g/mol. The molecule has 0 saturated carbocycles. The summed E-state index contributed by atoms with van der Waals surface area (Å²) in [5, 5.41) is 32.2. The molecule has 5 N–H and O–H groups in total. The molecule has 1 aromatic carbocycles. The minimum Gasteiger partial charge on any atom is -0.461 e. The molecule has 0 aliphatic rings. The van der Waals surface area contributed by atoms with Crippen LogP contribution in [0.25, 0.3) is 11.1 Å². The molecule has 0 unspecified atom stereocenters. The molecular weight excluding hydrogens is 388 g/mol. The second-order valence-corrected chi connectivity index (χ2v) is 6.24. The van der Waals surface area contributed by atoms with E-state index in [1.54, 1.807) is 26.1 Å². The number of aromatic nitrogens is 1. The minimum absolute atomic E-state index is 0.0512. The van der Waals surface area contributed by atoms with Crippen molar-refractivity contribution in [2.75, 3.05) is 13.7 Å². The molecule has 8 heteroatoms. The predicted octanol–water partition coefficient (Wildman–Crippen LogP) is 2.06. The fourth-order valence-corrected chi connectivity index (χ4v) is 3.37. The van der Waals surface area contributed by atoms with Crippen LogP contribution in [0.4, 0.5) is 0 Å². The maximum atomic E-state index is 12.5. The van der Waals surface area contributed by atoms with Crippen LogP contribution in [0.3, 0.4) is 0 Å². The number of rotatable bonds is 9. The van der Waals surface area contributed by atoms with Gasteiger partial charge < -0.3 is 30.4 Å². The molecule has 8 nitrogen and oxygen atoms in total. The number of hydrogen-bond donors (Lipinski definition) is 5. The van der Waals surface area contributed by atoms with Crippen LogP contribution >= 0.6 is 0 Å². The van der Waals surface area contributed by atoms with Gasteiger partial charge in [0.05, 0.1) is 32.0 Å². The minimum atomic E-state index is -0.642. The number of aliphatic hydroxyl groups is 3. The molecule has 0 saturated heterocycles. The largest absolute Gasteiger partial charge is 0.461 e. The first-order valence-electron chi connectivity index (χ1n) is 9.49. The summed E-state index contributed by atoms with van der Waals surface area (Å²) in [6, 6.07) is 3.30. The van der Waals surface area contributed by atoms with Gasteiger partial charge in [0, 0.05) is 17.8 Å². The summed E-state index contributed by atoms with van der Waals surface area (Å²) in [6.45, 7) is 8.43. The van der Waals surface area contributed by atoms with Crippen molar-refractivity contribution in [3.8, 4) is 11.1 Å². The summed E-state index contributed by atoms with van der Waals surface area (Å²) in [4.78, 5) is 27.8. The molecule has 0 atom stereocenters. The van der Waals surface area contributed by atoms with Crippen molar-refractivity contribution in [3.63, 3.8) is 0 Å². The van der Waals surface area contributed by atoms with E-state index in [0.29, 0.717) is 40.1 Å². The van der Waals surface area contributed by atoms with Gasteiger partial charge in [0.25, 0.3) is 0 Å². The van der Waals surface area contributed by atoms with Gasteiger partial charge >= 0.3 is 5.97 Å². The fourth-order valence-electron chi connectivity index (χ4n) is 3.37. The fraction of sp³-hybridized carbons (Fsp3) is 0.364. The van der Waals surface area contributed by atoms with Crippen LogP contribution in [-0.4, -0.2) is 45.7 Å². The predicted molar refractivity (Wildman–Crippen MR) is 114 cm³/mol. The van der Waals surface area contributed by atoms with Crippen molar-refractivity contribution in [2.45, 2.75) is 40.2 Å². The number of hydrogen-bond acceptors (Lipinski definition) is 7. The first kappa shape index (κ1) is 25.3. The summed E-state index contributed by atoms with van der Waals surface area (Å²) in [7, 11) is 1.73. The van der Waals surface area contributed by atoms with Gasteiger partial charge in [-0.2, -0.15) is 0 Å². The third-order valence-corrected chi connectivity index (χ3v) is 4.55. The third-order valence-electron chi connectivity index (χ3n) is 4.55. The van der Waals surface area contributed by atoms with E-state index in [-0.39, 0.29) is 36.9 Å². The van der Waals surface area contributed by atoms with Gasteiger partial charge in [-0.1, -0.05) is 12.1 Å². The first-order valence-corrected chi connectivity index (χ1v) is 9.49. The van der Waals surface area contributed by atoms with E-state index in [1.165, 1.54) is 6.92 Å². The molecule has 0 radical (unpaired) electrons. The van der Waals surface area contributed by atoms with Crippen molar-refractivity contribution in [2.24, 2.45) is 0 Å². The van der Waals surface area contributed by atoms with Gasteiger partial charge in [0.1, 0.15) is 5.69 Å². The third kappa shape index (κ3) is 5.03. The summed E-state index contributed by atoms with van der Waals surface area (Å²) in [5.41, 5.74) is 3.03. The Labute approximate surface area is 176 Å². The number of nitrogens with one attached hydrogen (secondary N) is 2. The highest BCUT2D eigenvalue weighted by molar-refractivity contribution is 6.10. The zero-order valence-corrected chi connectivity index (χ0v) is 17.7. The van der Waals surface area contributed by atoms with Crippen LogP contribution < -0.4 is 5.32 Å². The number of carbonyl (C=O) groups excluding carboxylic acids is 2. The first-order chi connectivity index (χ1) is 14.4. The number of esters is 1. The average molecular weight is 418 g/mol. The van der Waals surface area contributed by atoms with Gasteiger partial charge in [0.2, 0.25) is 0 Å². The lowest BCUT2D eigenvalue weighted by atomic mass is 9.89. The van der Waals surface area contributed by atoms with Crippen LogP contribution in [-0.2, 0) is 31.1 Å². The standard InChI is InChI=1S/C20H26N2O6.C2H4/c1-4-28-20(27)19-17(11(2)26)18(16(22-19)7-21-3)13-6-5-12(8-23)14(9-24)15(13)10-25;1-2/h5-6,21-25H,4,7-10H2,1-3H3;1-2H2. The van der Waals surface area contributed by atoms with E-state index in [2.05, 4.69) is 23.5 Å². The summed E-state index contributed by atoms with van der Waals surface area (Å²) < 4.78 is 5.07. The Bertz CT molecular complexity index is 888. The maximum Gasteiger partial charge on any atom is 0.355 e. The molecule has 1 aromatic heterocycles. The molecule has 2 aromatic rings. The van der Waals surface area contributed by atoms with Gasteiger partial charge in [-0.05, 0) is 43.1 Å². The second-order valence-electron chi connectivity index (χ2n) is 6.24. The summed E-state index contributed by atoms with van der Waals surface area (Å²) in [5.74, 6) is -0.978. The lowest BCUT2D eigenvalue weighted by Crippen LogP contribution is -2.10. The quantitative estimate of drug-likeness (QED) is 0.239. The van der Waals surface area contributed by atoms with Crippen molar-refractivity contribution >= 4 is 11.8 Å². The van der Waals surface area contributed by atoms with Gasteiger partial charge in [-0.15, -0.1) is 13.2 Å². The number of H-pyrrole nitrogens is 1. The van der Waals surface area contributed by atoms with Crippen LogP contribution in [0.2, 0.25) is 0 Å². The molecule has 0 bridgehead atoms. The van der Waals surface area contributed by atoms with Gasteiger partial charge in [-0.3, -0.25) is 4.79 Å². The Morgan fingerprint density at radius 3 is 2.20 bits per heavy atom. The smallest absolute Gasteiger partial charge is 0.355 e. The van der Waals surface area contributed by atoms with E-state index in [4.69, 9.17) is 4.74 Å². The molecular formula is C22H30N2O6. The molecule has 30 heavy (non-hydrogen) atoms. The highest BCUT2D eigenvalue weighted by Crippen LogP contribution is 2.36. The normalized spacial score (nSPS) is 10.3. The van der Waals surface area contributed by atoms with Crippen molar-refractivity contribution in [1.29, 1.82) is 0 Å². The molecule has 2 rings (SSSR count). The lowest BCUT2D eigenvalue weighted by molar-refractivity contribution is 0.0517. The van der Waals surface area contributed by atoms with E-state index in [1.807, 2.05) is 0 Å². The molecule has 0 aliphatic carbocycles. The van der Waals surface area contributed by atoms with Crippen LogP contribution in [0.1, 0.15) is 57.1 Å². The molecule has 0 spiro atoms. The molecule has 0 amide bonds. The van der Waals surface area contributed by atoms with Crippen LogP contribution in [0.5, 0.6) is 0 Å². The molecule has 0 aliphatic heterocycles. The van der Waals surface area contributed by atoms with E-state index < -0.39 is 12.6 Å². The molecule has 164 valence electrons. The number of ketones is 1.